The Bertz CT molecular complexity index is 463. The van der Waals surface area contributed by atoms with E-state index in [0.29, 0.717) is 0 Å². The second kappa shape index (κ2) is 5.97. The molecule has 0 bridgehead atoms. The number of nitro benzene ring substituents is 2. The van der Waals surface area contributed by atoms with E-state index in [4.69, 9.17) is 4.18 Å². The van der Waals surface area contributed by atoms with Crippen molar-refractivity contribution in [1.82, 2.24) is 0 Å². The van der Waals surface area contributed by atoms with Gasteiger partial charge in [0.05, 0.1) is 22.5 Å². The fourth-order valence-corrected chi connectivity index (χ4v) is 1.61. The monoisotopic (exact) mass is 256 g/mol. The van der Waals surface area contributed by atoms with Crippen LogP contribution in [-0.4, -0.2) is 16.5 Å². The molecule has 0 aliphatic heterocycles. The number of nitrogens with zero attached hydrogens (tertiary/aromatic N) is 2. The number of hydrogen-bond donors (Lipinski definition) is 0. The van der Waals surface area contributed by atoms with Crippen molar-refractivity contribution >= 4 is 23.4 Å². The van der Waals surface area contributed by atoms with Gasteiger partial charge < -0.3 is 4.18 Å². The Hall–Kier alpha value is -1.93. The molecule has 17 heavy (non-hydrogen) atoms. The zero-order chi connectivity index (χ0) is 12.8. The van der Waals surface area contributed by atoms with E-state index in [1.54, 1.807) is 0 Å². The third kappa shape index (κ3) is 3.54. The Kier molecular flexibility index (Phi) is 4.61. The van der Waals surface area contributed by atoms with Crippen LogP contribution in [-0.2, 0) is 4.18 Å². The van der Waals surface area contributed by atoms with Crippen molar-refractivity contribution in [3.05, 3.63) is 51.1 Å². The third-order valence-electron chi connectivity index (χ3n) is 1.68. The number of non-ortho nitro benzene ring substituents is 1. The van der Waals surface area contributed by atoms with Gasteiger partial charge in [-0.3, -0.25) is 20.2 Å². The fraction of sp³-hybridized carbons (Fsp3) is 0.111. The van der Waals surface area contributed by atoms with Gasteiger partial charge >= 0.3 is 0 Å². The topological polar surface area (TPSA) is 95.5 Å². The second-order valence-corrected chi connectivity index (χ2v) is 3.66. The summed E-state index contributed by atoms with van der Waals surface area (Å²) in [7, 11) is 0. The van der Waals surface area contributed by atoms with Gasteiger partial charge in [-0.05, 0) is 6.07 Å². The van der Waals surface area contributed by atoms with Gasteiger partial charge in [-0.1, -0.05) is 6.08 Å². The summed E-state index contributed by atoms with van der Waals surface area (Å²) >= 11 is 0.785. The molecule has 0 heterocycles. The average molecular weight is 256 g/mol. The smallest absolute Gasteiger partial charge is 0.292 e. The maximum absolute atomic E-state index is 10.7. The minimum atomic E-state index is -0.688. The van der Waals surface area contributed by atoms with Crippen molar-refractivity contribution in [2.45, 2.75) is 4.90 Å². The Morgan fingerprint density at radius 3 is 2.59 bits per heavy atom. The van der Waals surface area contributed by atoms with Crippen LogP contribution in [0.2, 0.25) is 0 Å². The first kappa shape index (κ1) is 13.1. The molecule has 0 N–H and O–H groups in total. The molecule has 1 aromatic carbocycles. The molecule has 0 unspecified atom stereocenters. The van der Waals surface area contributed by atoms with Crippen LogP contribution in [0, 0.1) is 20.2 Å². The lowest BCUT2D eigenvalue weighted by molar-refractivity contribution is -0.396. The highest BCUT2D eigenvalue weighted by Crippen LogP contribution is 2.32. The van der Waals surface area contributed by atoms with Crippen molar-refractivity contribution in [2.24, 2.45) is 0 Å². The normalized spacial score (nSPS) is 9.88. The highest BCUT2D eigenvalue weighted by Gasteiger charge is 2.19. The van der Waals surface area contributed by atoms with Crippen LogP contribution in [0.5, 0.6) is 0 Å². The van der Waals surface area contributed by atoms with Crippen LogP contribution < -0.4 is 0 Å². The van der Waals surface area contributed by atoms with Gasteiger partial charge in [-0.2, -0.15) is 0 Å². The molecule has 0 saturated carbocycles. The van der Waals surface area contributed by atoms with Crippen LogP contribution >= 0.6 is 12.0 Å². The quantitative estimate of drug-likeness (QED) is 0.255. The predicted octanol–water partition coefficient (Wildman–Crippen LogP) is 2.71. The van der Waals surface area contributed by atoms with Gasteiger partial charge in [-0.15, -0.1) is 6.58 Å². The Labute approximate surface area is 101 Å². The molecule has 0 aromatic heterocycles. The summed E-state index contributed by atoms with van der Waals surface area (Å²) in [6.07, 6.45) is 1.49. The van der Waals surface area contributed by atoms with E-state index >= 15 is 0 Å². The Morgan fingerprint density at radius 2 is 2.06 bits per heavy atom. The summed E-state index contributed by atoms with van der Waals surface area (Å²) in [5.41, 5.74) is -0.682. The molecule has 0 aliphatic carbocycles. The van der Waals surface area contributed by atoms with E-state index in [-0.39, 0.29) is 22.9 Å². The Balaban J connectivity index is 3.00. The van der Waals surface area contributed by atoms with Crippen LogP contribution in [0.1, 0.15) is 0 Å². The fourth-order valence-electron chi connectivity index (χ4n) is 0.978. The van der Waals surface area contributed by atoms with Crippen molar-refractivity contribution in [3.8, 4) is 0 Å². The van der Waals surface area contributed by atoms with Crippen LogP contribution in [0.15, 0.2) is 35.7 Å². The van der Waals surface area contributed by atoms with Crippen molar-refractivity contribution in [1.29, 1.82) is 0 Å². The second-order valence-electron chi connectivity index (χ2n) is 2.82. The van der Waals surface area contributed by atoms with Crippen molar-refractivity contribution in [3.63, 3.8) is 0 Å². The predicted molar refractivity (Wildman–Crippen MR) is 61.8 cm³/mol. The van der Waals surface area contributed by atoms with Crippen molar-refractivity contribution < 1.29 is 14.0 Å². The first-order chi connectivity index (χ1) is 8.06. The summed E-state index contributed by atoms with van der Waals surface area (Å²) in [5.74, 6) is 0. The lowest BCUT2D eigenvalue weighted by Crippen LogP contribution is -1.95. The lowest BCUT2D eigenvalue weighted by atomic mass is 10.3. The Morgan fingerprint density at radius 1 is 1.35 bits per heavy atom. The van der Waals surface area contributed by atoms with E-state index < -0.39 is 9.85 Å². The number of nitro groups is 2. The van der Waals surface area contributed by atoms with E-state index in [9.17, 15) is 20.2 Å². The van der Waals surface area contributed by atoms with Crippen LogP contribution in [0.3, 0.4) is 0 Å². The molecular formula is C9H8N2O5S. The first-order valence-corrected chi connectivity index (χ1v) is 5.13. The van der Waals surface area contributed by atoms with Gasteiger partial charge in [0.25, 0.3) is 11.4 Å². The lowest BCUT2D eigenvalue weighted by Gasteiger charge is -2.01. The summed E-state index contributed by atoms with van der Waals surface area (Å²) in [6.45, 7) is 3.65. The minimum Gasteiger partial charge on any atom is -0.306 e. The molecule has 0 aliphatic rings. The SMILES string of the molecule is C=CCOSc1ccc([N+](=O)[O-])cc1[N+](=O)[O-]. The highest BCUT2D eigenvalue weighted by molar-refractivity contribution is 7.94. The maximum atomic E-state index is 10.7. The summed E-state index contributed by atoms with van der Waals surface area (Å²) < 4.78 is 4.98. The standard InChI is InChI=1S/C9H8N2O5S/c1-2-5-16-17-9-4-3-7(10(12)13)6-8(9)11(14)15/h2-4,6H,1,5H2. The highest BCUT2D eigenvalue weighted by atomic mass is 32.2. The number of benzene rings is 1. The molecule has 1 rings (SSSR count). The molecule has 0 saturated heterocycles. The zero-order valence-electron chi connectivity index (χ0n) is 8.57. The molecule has 90 valence electrons. The number of rotatable bonds is 6. The van der Waals surface area contributed by atoms with Gasteiger partial charge in [0.2, 0.25) is 0 Å². The van der Waals surface area contributed by atoms with Gasteiger partial charge in [0.15, 0.2) is 0 Å². The van der Waals surface area contributed by atoms with E-state index in [1.807, 2.05) is 0 Å². The molecule has 0 atom stereocenters. The molecule has 0 radical (unpaired) electrons. The van der Waals surface area contributed by atoms with Crippen LogP contribution in [0.25, 0.3) is 0 Å². The van der Waals surface area contributed by atoms with E-state index in [2.05, 4.69) is 6.58 Å². The summed E-state index contributed by atoms with van der Waals surface area (Å²) in [5, 5.41) is 21.2. The molecule has 0 amide bonds. The minimum absolute atomic E-state index is 0.211. The summed E-state index contributed by atoms with van der Waals surface area (Å²) in [6, 6.07) is 3.37. The number of hydrogen-bond acceptors (Lipinski definition) is 6. The van der Waals surface area contributed by atoms with E-state index in [0.717, 1.165) is 18.1 Å². The molecule has 7 nitrogen and oxygen atoms in total. The zero-order valence-corrected chi connectivity index (χ0v) is 9.38. The largest absolute Gasteiger partial charge is 0.306 e. The van der Waals surface area contributed by atoms with Gasteiger partial charge in [0.1, 0.15) is 4.90 Å². The molecule has 0 spiro atoms. The average Bonchev–Trinajstić information content (AvgIpc) is 2.29. The van der Waals surface area contributed by atoms with Gasteiger partial charge in [0, 0.05) is 18.1 Å². The molecule has 8 heteroatoms. The first-order valence-electron chi connectivity index (χ1n) is 4.39. The van der Waals surface area contributed by atoms with E-state index in [1.165, 1.54) is 18.2 Å². The third-order valence-corrected chi connectivity index (χ3v) is 2.46. The molecule has 0 fully saturated rings. The summed E-state index contributed by atoms with van der Waals surface area (Å²) in [4.78, 5) is 20.0. The molecule has 1 aromatic rings. The maximum Gasteiger partial charge on any atom is 0.292 e. The molecular weight excluding hydrogens is 248 g/mol. The van der Waals surface area contributed by atoms with Crippen LogP contribution in [0.4, 0.5) is 11.4 Å². The van der Waals surface area contributed by atoms with Gasteiger partial charge in [-0.25, -0.2) is 0 Å². The van der Waals surface area contributed by atoms with Crippen molar-refractivity contribution in [2.75, 3.05) is 6.61 Å².